The first kappa shape index (κ1) is 19.7. The summed E-state index contributed by atoms with van der Waals surface area (Å²) in [7, 11) is 0. The summed E-state index contributed by atoms with van der Waals surface area (Å²) in [6, 6.07) is 13.9. The zero-order valence-corrected chi connectivity index (χ0v) is 16.3. The summed E-state index contributed by atoms with van der Waals surface area (Å²) in [4.78, 5) is 15.3. The molecule has 0 bridgehead atoms. The first-order valence-corrected chi connectivity index (χ1v) is 9.28. The van der Waals surface area contributed by atoms with Crippen LogP contribution in [0.2, 0.25) is 0 Å². The number of nitriles is 1. The van der Waals surface area contributed by atoms with E-state index in [0.717, 1.165) is 16.8 Å². The molecule has 1 fully saturated rings. The van der Waals surface area contributed by atoms with Crippen molar-refractivity contribution in [2.24, 2.45) is 0 Å². The molecular weight excluding hydrogens is 357 g/mol. The van der Waals surface area contributed by atoms with Gasteiger partial charge in [0.05, 0.1) is 17.3 Å². The molecule has 0 radical (unpaired) electrons. The second-order valence-corrected chi connectivity index (χ2v) is 8.06. The first-order valence-electron chi connectivity index (χ1n) is 9.28. The Morgan fingerprint density at radius 1 is 1.21 bits per heavy atom. The number of benzene rings is 2. The highest BCUT2D eigenvalue weighted by Gasteiger charge is 2.37. The second-order valence-electron chi connectivity index (χ2n) is 8.06. The van der Waals surface area contributed by atoms with Crippen LogP contribution in [-0.2, 0) is 0 Å². The lowest BCUT2D eigenvalue weighted by Crippen LogP contribution is -2.52. The Balaban J connectivity index is 1.85. The van der Waals surface area contributed by atoms with Crippen LogP contribution in [0.15, 0.2) is 42.5 Å². The summed E-state index contributed by atoms with van der Waals surface area (Å²) >= 11 is 0. The van der Waals surface area contributed by atoms with Gasteiger partial charge in [-0.15, -0.1) is 0 Å². The van der Waals surface area contributed by atoms with Gasteiger partial charge in [-0.3, -0.25) is 4.90 Å². The van der Waals surface area contributed by atoms with Crippen molar-refractivity contribution in [3.05, 3.63) is 53.8 Å². The number of halogens is 1. The molecule has 1 heterocycles. The highest BCUT2D eigenvalue weighted by Crippen LogP contribution is 2.32. The quantitative estimate of drug-likeness (QED) is 0.835. The van der Waals surface area contributed by atoms with Crippen LogP contribution in [0, 0.1) is 17.1 Å². The lowest BCUT2D eigenvalue weighted by atomic mass is 10.0. The zero-order valence-electron chi connectivity index (χ0n) is 16.3. The molecule has 1 amide bonds. The van der Waals surface area contributed by atoms with E-state index in [2.05, 4.69) is 11.0 Å². The summed E-state index contributed by atoms with van der Waals surface area (Å²) in [5.41, 5.74) is 2.53. The van der Waals surface area contributed by atoms with E-state index in [1.807, 2.05) is 32.9 Å². The van der Waals surface area contributed by atoms with Gasteiger partial charge >= 0.3 is 6.09 Å². The van der Waals surface area contributed by atoms with Crippen molar-refractivity contribution in [3.63, 3.8) is 0 Å². The number of hydrogen-bond donors (Lipinski definition) is 1. The highest BCUT2D eigenvalue weighted by atomic mass is 19.1. The van der Waals surface area contributed by atoms with Crippen LogP contribution in [-0.4, -0.2) is 40.8 Å². The fourth-order valence-corrected chi connectivity index (χ4v) is 3.89. The Kier molecular flexibility index (Phi) is 5.28. The Morgan fingerprint density at radius 3 is 2.43 bits per heavy atom. The molecule has 0 spiro atoms. The Labute approximate surface area is 164 Å². The van der Waals surface area contributed by atoms with Gasteiger partial charge in [-0.25, -0.2) is 9.18 Å². The average Bonchev–Trinajstić information content (AvgIpc) is 3.09. The Bertz CT molecular complexity index is 913. The molecule has 1 aliphatic heterocycles. The maximum Gasteiger partial charge on any atom is 0.408 e. The van der Waals surface area contributed by atoms with Crippen molar-refractivity contribution in [1.82, 2.24) is 4.90 Å². The van der Waals surface area contributed by atoms with Gasteiger partial charge in [0.15, 0.2) is 0 Å². The lowest BCUT2D eigenvalue weighted by molar-refractivity contribution is 0.0763. The number of rotatable bonds is 3. The largest absolute Gasteiger partial charge is 0.465 e. The number of hydrogen-bond acceptors (Lipinski definition) is 3. The zero-order chi connectivity index (χ0) is 20.5. The fraction of sp³-hybridized carbons (Fsp3) is 0.364. The maximum atomic E-state index is 13.2. The monoisotopic (exact) mass is 381 g/mol. The molecule has 6 heteroatoms. The maximum absolute atomic E-state index is 13.2. The SMILES string of the molecule is CC(C)(C)N(C(=O)O)[C@H]1CCN(c2ccc(-c3ccc(F)cc3)cc2C#N)C1. The third kappa shape index (κ3) is 3.94. The summed E-state index contributed by atoms with van der Waals surface area (Å²) in [6.45, 7) is 6.91. The Hall–Kier alpha value is -3.07. The molecule has 1 N–H and O–H groups in total. The summed E-state index contributed by atoms with van der Waals surface area (Å²) in [5, 5.41) is 19.3. The van der Waals surface area contributed by atoms with Crippen molar-refractivity contribution in [2.75, 3.05) is 18.0 Å². The van der Waals surface area contributed by atoms with Gasteiger partial charge in [-0.2, -0.15) is 5.26 Å². The van der Waals surface area contributed by atoms with Crippen LogP contribution in [0.3, 0.4) is 0 Å². The van der Waals surface area contributed by atoms with Gasteiger partial charge in [-0.1, -0.05) is 18.2 Å². The fourth-order valence-electron chi connectivity index (χ4n) is 3.89. The molecule has 0 saturated carbocycles. The van der Waals surface area contributed by atoms with Gasteiger partial charge in [0.1, 0.15) is 11.9 Å². The molecule has 3 rings (SSSR count). The molecular formula is C22H24FN3O2. The van der Waals surface area contributed by atoms with E-state index in [1.54, 1.807) is 18.2 Å². The molecule has 0 aromatic heterocycles. The molecule has 1 saturated heterocycles. The van der Waals surface area contributed by atoms with Gasteiger partial charge in [0.2, 0.25) is 0 Å². The van der Waals surface area contributed by atoms with E-state index in [9.17, 15) is 19.6 Å². The smallest absolute Gasteiger partial charge is 0.408 e. The molecule has 2 aromatic carbocycles. The van der Waals surface area contributed by atoms with Crippen LogP contribution < -0.4 is 4.90 Å². The van der Waals surface area contributed by atoms with Gasteiger partial charge in [0.25, 0.3) is 0 Å². The van der Waals surface area contributed by atoms with Gasteiger partial charge < -0.3 is 10.0 Å². The number of nitrogens with zero attached hydrogens (tertiary/aromatic N) is 3. The number of carbonyl (C=O) groups is 1. The molecule has 1 aliphatic rings. The second kappa shape index (κ2) is 7.51. The van der Waals surface area contributed by atoms with E-state index in [0.29, 0.717) is 25.1 Å². The van der Waals surface area contributed by atoms with Crippen LogP contribution in [0.4, 0.5) is 14.9 Å². The molecule has 28 heavy (non-hydrogen) atoms. The van der Waals surface area contributed by atoms with Crippen molar-refractivity contribution in [2.45, 2.75) is 38.8 Å². The van der Waals surface area contributed by atoms with Crippen molar-refractivity contribution in [1.29, 1.82) is 5.26 Å². The summed E-state index contributed by atoms with van der Waals surface area (Å²) in [6.07, 6.45) is -0.208. The third-order valence-electron chi connectivity index (χ3n) is 5.09. The molecule has 5 nitrogen and oxygen atoms in total. The van der Waals surface area contributed by atoms with Crippen LogP contribution in [0.1, 0.15) is 32.8 Å². The molecule has 2 aromatic rings. The van der Waals surface area contributed by atoms with Gasteiger partial charge in [0, 0.05) is 18.6 Å². The number of anilines is 1. The number of amides is 1. The predicted molar refractivity (Wildman–Crippen MR) is 107 cm³/mol. The first-order chi connectivity index (χ1) is 13.2. The minimum Gasteiger partial charge on any atom is -0.465 e. The van der Waals surface area contributed by atoms with Crippen LogP contribution in [0.25, 0.3) is 11.1 Å². The number of carboxylic acid groups (broad SMARTS) is 1. The third-order valence-corrected chi connectivity index (χ3v) is 5.09. The van der Waals surface area contributed by atoms with Crippen molar-refractivity contribution < 1.29 is 14.3 Å². The normalized spacial score (nSPS) is 16.7. The summed E-state index contributed by atoms with van der Waals surface area (Å²) < 4.78 is 13.2. The predicted octanol–water partition coefficient (Wildman–Crippen LogP) is 4.72. The highest BCUT2D eigenvalue weighted by molar-refractivity contribution is 5.72. The van der Waals surface area contributed by atoms with E-state index in [4.69, 9.17) is 0 Å². The van der Waals surface area contributed by atoms with E-state index < -0.39 is 11.6 Å². The molecule has 146 valence electrons. The topological polar surface area (TPSA) is 67.6 Å². The standard InChI is InChI=1S/C22H24FN3O2/c1-22(2,3)26(21(27)28)19-10-11-25(14-19)20-9-6-16(12-17(20)13-24)15-4-7-18(23)8-5-15/h4-9,12,19H,10-11,14H2,1-3H3,(H,27,28)/t19-/m0/s1. The van der Waals surface area contributed by atoms with E-state index in [-0.39, 0.29) is 11.9 Å². The van der Waals surface area contributed by atoms with Crippen LogP contribution >= 0.6 is 0 Å². The molecule has 1 atom stereocenters. The molecule has 0 aliphatic carbocycles. The van der Waals surface area contributed by atoms with Crippen LogP contribution in [0.5, 0.6) is 0 Å². The average molecular weight is 381 g/mol. The van der Waals surface area contributed by atoms with Crippen molar-refractivity contribution in [3.8, 4) is 17.2 Å². The van der Waals surface area contributed by atoms with E-state index >= 15 is 0 Å². The minimum atomic E-state index is -0.925. The Morgan fingerprint density at radius 2 is 1.86 bits per heavy atom. The van der Waals surface area contributed by atoms with Gasteiger partial charge in [-0.05, 0) is 62.6 Å². The molecule has 0 unspecified atom stereocenters. The van der Waals surface area contributed by atoms with E-state index in [1.165, 1.54) is 17.0 Å². The lowest BCUT2D eigenvalue weighted by Gasteiger charge is -2.38. The van der Waals surface area contributed by atoms with Crippen molar-refractivity contribution >= 4 is 11.8 Å². The minimum absolute atomic E-state index is 0.124. The summed E-state index contributed by atoms with van der Waals surface area (Å²) in [5.74, 6) is -0.300.